The maximum Gasteiger partial charge on any atom is 0.139 e. The van der Waals surface area contributed by atoms with Crippen molar-refractivity contribution in [3.05, 3.63) is 0 Å². The Morgan fingerprint density at radius 3 is 2.76 bits per heavy atom. The fraction of sp³-hybridized carbons (Fsp3) is 0.895. The summed E-state index contributed by atoms with van der Waals surface area (Å²) in [5.41, 5.74) is -0.736. The van der Waals surface area contributed by atoms with E-state index in [0.717, 1.165) is 44.9 Å². The van der Waals surface area contributed by atoms with E-state index >= 15 is 0 Å². The highest BCUT2D eigenvalue weighted by atomic mass is 16.1. The molecule has 0 N–H and O–H groups in total. The van der Waals surface area contributed by atoms with E-state index in [4.69, 9.17) is 2.74 Å². The molecular weight excluding hydrogens is 260 g/mol. The van der Waals surface area contributed by atoms with Crippen LogP contribution in [0.1, 0.15) is 73.8 Å². The Labute approximate surface area is 129 Å². The Bertz CT molecular complexity index is 629. The van der Waals surface area contributed by atoms with Crippen LogP contribution in [0.15, 0.2) is 0 Å². The summed E-state index contributed by atoms with van der Waals surface area (Å²) in [7, 11) is 0. The third-order valence-corrected chi connectivity index (χ3v) is 8.23. The average molecular weight is 288 g/mol. The lowest BCUT2D eigenvalue weighted by molar-refractivity contribution is -0.134. The summed E-state index contributed by atoms with van der Waals surface area (Å²) >= 11 is 0. The van der Waals surface area contributed by atoms with Gasteiger partial charge >= 0.3 is 0 Å². The van der Waals surface area contributed by atoms with Crippen molar-refractivity contribution in [1.82, 2.24) is 0 Å². The minimum atomic E-state index is -1.16. The van der Waals surface area contributed by atoms with E-state index in [1.807, 2.05) is 0 Å². The second-order valence-electron chi connectivity index (χ2n) is 8.73. The molecule has 0 unspecified atom stereocenters. The van der Waals surface area contributed by atoms with Crippen LogP contribution in [0.25, 0.3) is 0 Å². The van der Waals surface area contributed by atoms with E-state index in [2.05, 4.69) is 6.92 Å². The summed E-state index contributed by atoms with van der Waals surface area (Å²) in [6.07, 6.45) is 6.24. The van der Waals surface area contributed by atoms with Crippen LogP contribution in [0.2, 0.25) is 0 Å². The largest absolute Gasteiger partial charge is 0.300 e. The summed E-state index contributed by atoms with van der Waals surface area (Å²) in [5.74, 6) is 2.11. The zero-order valence-corrected chi connectivity index (χ0v) is 12.9. The van der Waals surface area contributed by atoms with Crippen molar-refractivity contribution in [2.75, 3.05) is 0 Å². The van der Waals surface area contributed by atoms with E-state index in [1.165, 1.54) is 0 Å². The van der Waals surface area contributed by atoms with Gasteiger partial charge in [-0.3, -0.25) is 9.59 Å². The molecule has 0 aliphatic heterocycles. The van der Waals surface area contributed by atoms with Crippen LogP contribution in [0.3, 0.4) is 0 Å². The van der Waals surface area contributed by atoms with Crippen LogP contribution in [-0.2, 0) is 9.59 Å². The number of rotatable bonds is 0. The molecule has 5 rings (SSSR count). The molecule has 0 bridgehead atoms. The lowest BCUT2D eigenvalue weighted by Crippen LogP contribution is -2.48. The molecule has 5 aliphatic rings. The second kappa shape index (κ2) is 3.63. The number of carbonyl (C=O) groups is 2. The van der Waals surface area contributed by atoms with Crippen molar-refractivity contribution < 1.29 is 12.3 Å². The van der Waals surface area contributed by atoms with Gasteiger partial charge in [0.1, 0.15) is 11.6 Å². The van der Waals surface area contributed by atoms with Crippen molar-refractivity contribution in [3.63, 3.8) is 0 Å². The number of fused-ring (bicyclic) bond motifs is 3. The minimum Gasteiger partial charge on any atom is -0.300 e. The highest BCUT2D eigenvalue weighted by molar-refractivity contribution is 5.87. The molecule has 6 atom stereocenters. The SMILES string of the molecule is [2H]C1([2H])[C@]23CC[C@H]4[C@@H]5CCC(=O)[C@@]5(C)CC[C@@H]4[C@]12CCC(=O)C3. The molecule has 2 heteroatoms. The Morgan fingerprint density at radius 2 is 1.90 bits per heavy atom. The van der Waals surface area contributed by atoms with E-state index in [9.17, 15) is 9.59 Å². The quantitative estimate of drug-likeness (QED) is 0.677. The molecule has 5 aliphatic carbocycles. The van der Waals surface area contributed by atoms with E-state index in [-0.39, 0.29) is 22.0 Å². The van der Waals surface area contributed by atoms with Crippen LogP contribution < -0.4 is 0 Å². The van der Waals surface area contributed by atoms with Gasteiger partial charge in [0.25, 0.3) is 0 Å². The van der Waals surface area contributed by atoms with Gasteiger partial charge in [0.15, 0.2) is 0 Å². The van der Waals surface area contributed by atoms with E-state index in [0.29, 0.717) is 36.4 Å². The normalized spacial score (nSPS) is 61.9. The number of Topliss-reactive ketones (excluding diaryl/α,β-unsaturated/α-hetero) is 2. The molecule has 114 valence electrons. The molecule has 0 aromatic heterocycles. The topological polar surface area (TPSA) is 34.1 Å². The van der Waals surface area contributed by atoms with Gasteiger partial charge < -0.3 is 0 Å². The summed E-state index contributed by atoms with van der Waals surface area (Å²) < 4.78 is 17.6. The van der Waals surface area contributed by atoms with Crippen LogP contribution in [-0.4, -0.2) is 11.6 Å². The first kappa shape index (κ1) is 11.0. The van der Waals surface area contributed by atoms with Gasteiger partial charge in [-0.05, 0) is 73.5 Å². The maximum atomic E-state index is 12.4. The first-order chi connectivity index (χ1) is 10.8. The van der Waals surface area contributed by atoms with Gasteiger partial charge in [-0.15, -0.1) is 0 Å². The summed E-state index contributed by atoms with van der Waals surface area (Å²) in [6, 6.07) is 0. The lowest BCUT2D eigenvalue weighted by atomic mass is 9.50. The zero-order chi connectivity index (χ0) is 16.3. The van der Waals surface area contributed by atoms with Gasteiger partial charge in [-0.1, -0.05) is 6.92 Å². The second-order valence-corrected chi connectivity index (χ2v) is 8.73. The standard InChI is InChI=1S/C19H26O2/c1-17-7-6-15-13(14(17)2-3-16(17)21)5-8-18-10-12(20)4-9-19(15,18)11-18/h13-15H,2-11H2,1H3/t13-,14-,15-,17-,18+,19-/m0/s1/i11D2. The average Bonchev–Trinajstić information content (AvgIpc) is 2.77. The molecule has 0 saturated heterocycles. The minimum absolute atomic E-state index is 0.135. The Hall–Kier alpha value is -0.660. The Morgan fingerprint density at radius 1 is 1.05 bits per heavy atom. The van der Waals surface area contributed by atoms with Crippen molar-refractivity contribution in [2.24, 2.45) is 34.0 Å². The Balaban J connectivity index is 1.56. The van der Waals surface area contributed by atoms with Gasteiger partial charge in [-0.25, -0.2) is 0 Å². The summed E-state index contributed by atoms with van der Waals surface area (Å²) in [6.45, 7) is 2.18. The molecule has 0 amide bonds. The molecule has 0 aromatic carbocycles. The van der Waals surface area contributed by atoms with Crippen LogP contribution in [0, 0.1) is 34.0 Å². The molecule has 5 saturated carbocycles. The third kappa shape index (κ3) is 1.32. The maximum absolute atomic E-state index is 12.4. The molecule has 21 heavy (non-hydrogen) atoms. The fourth-order valence-corrected chi connectivity index (χ4v) is 7.15. The predicted octanol–water partition coefficient (Wildman–Crippen LogP) is 3.92. The van der Waals surface area contributed by atoms with Crippen molar-refractivity contribution in [1.29, 1.82) is 0 Å². The first-order valence-electron chi connectivity index (χ1n) is 9.85. The van der Waals surface area contributed by atoms with Crippen LogP contribution in [0.5, 0.6) is 0 Å². The molecule has 0 heterocycles. The fourth-order valence-electron chi connectivity index (χ4n) is 7.15. The zero-order valence-electron chi connectivity index (χ0n) is 14.9. The Kier molecular flexibility index (Phi) is 1.89. The first-order valence-corrected chi connectivity index (χ1v) is 8.85. The van der Waals surface area contributed by atoms with E-state index < -0.39 is 6.37 Å². The third-order valence-electron chi connectivity index (χ3n) is 8.23. The molecular formula is C19H26O2. The summed E-state index contributed by atoms with van der Waals surface area (Å²) in [5, 5.41) is 0. The lowest BCUT2D eigenvalue weighted by Gasteiger charge is -2.53. The molecule has 5 fully saturated rings. The van der Waals surface area contributed by atoms with Gasteiger partial charge in [0.2, 0.25) is 0 Å². The molecule has 0 spiro atoms. The van der Waals surface area contributed by atoms with Crippen molar-refractivity contribution >= 4 is 11.6 Å². The van der Waals surface area contributed by atoms with Crippen molar-refractivity contribution in [2.45, 2.75) is 71.1 Å². The number of hydrogen-bond acceptors (Lipinski definition) is 2. The molecule has 2 nitrogen and oxygen atoms in total. The molecule has 0 radical (unpaired) electrons. The highest BCUT2D eigenvalue weighted by Crippen LogP contribution is 2.82. The van der Waals surface area contributed by atoms with Crippen LogP contribution >= 0.6 is 0 Å². The smallest absolute Gasteiger partial charge is 0.139 e. The van der Waals surface area contributed by atoms with Crippen LogP contribution in [0.4, 0.5) is 0 Å². The van der Waals surface area contributed by atoms with E-state index in [1.54, 1.807) is 0 Å². The number of carbonyl (C=O) groups excluding carboxylic acids is 2. The monoisotopic (exact) mass is 288 g/mol. The molecule has 0 aromatic rings. The van der Waals surface area contributed by atoms with Gasteiger partial charge in [0.05, 0.1) is 0 Å². The highest BCUT2D eigenvalue weighted by Gasteiger charge is 2.75. The number of hydrogen-bond donors (Lipinski definition) is 0. The van der Waals surface area contributed by atoms with Crippen molar-refractivity contribution in [3.8, 4) is 0 Å². The number of ketones is 2. The van der Waals surface area contributed by atoms with Gasteiger partial charge in [0, 0.05) is 27.4 Å². The predicted molar refractivity (Wildman–Crippen MR) is 79.6 cm³/mol. The summed E-state index contributed by atoms with van der Waals surface area (Å²) in [4.78, 5) is 24.5. The van der Waals surface area contributed by atoms with Gasteiger partial charge in [-0.2, -0.15) is 0 Å².